The highest BCUT2D eigenvalue weighted by atomic mass is 32.1. The Labute approximate surface area is 119 Å². The van der Waals surface area contributed by atoms with E-state index >= 15 is 0 Å². The molecule has 100 valence electrons. The number of carboxylic acids is 1. The lowest BCUT2D eigenvalue weighted by atomic mass is 10.1. The fourth-order valence-electron chi connectivity index (χ4n) is 1.93. The SMILES string of the molecule is Cn1cncc1-c1nc(-c2ccccc2)c(C(=O)O)s1. The van der Waals surface area contributed by atoms with Gasteiger partial charge in [-0.2, -0.15) is 0 Å². The zero-order valence-electron chi connectivity index (χ0n) is 10.6. The normalized spacial score (nSPS) is 10.7. The molecule has 6 heteroatoms. The van der Waals surface area contributed by atoms with Gasteiger partial charge >= 0.3 is 5.97 Å². The average Bonchev–Trinajstić information content (AvgIpc) is 3.05. The Morgan fingerprint density at radius 3 is 2.65 bits per heavy atom. The van der Waals surface area contributed by atoms with Crippen molar-refractivity contribution in [3.8, 4) is 22.0 Å². The highest BCUT2D eigenvalue weighted by molar-refractivity contribution is 7.17. The van der Waals surface area contributed by atoms with E-state index in [0.29, 0.717) is 10.7 Å². The fourth-order valence-corrected chi connectivity index (χ4v) is 2.91. The topological polar surface area (TPSA) is 68.0 Å². The van der Waals surface area contributed by atoms with Gasteiger partial charge in [-0.05, 0) is 0 Å². The van der Waals surface area contributed by atoms with Crippen LogP contribution in [0.4, 0.5) is 0 Å². The minimum atomic E-state index is -0.963. The second kappa shape index (κ2) is 4.90. The molecule has 3 rings (SSSR count). The van der Waals surface area contributed by atoms with Crippen LogP contribution in [0.5, 0.6) is 0 Å². The molecule has 0 fully saturated rings. The van der Waals surface area contributed by atoms with Gasteiger partial charge in [-0.25, -0.2) is 14.8 Å². The van der Waals surface area contributed by atoms with Gasteiger partial charge in [-0.3, -0.25) is 0 Å². The van der Waals surface area contributed by atoms with Crippen LogP contribution >= 0.6 is 11.3 Å². The number of aromatic carboxylic acids is 1. The van der Waals surface area contributed by atoms with Crippen molar-refractivity contribution in [2.24, 2.45) is 7.05 Å². The Hall–Kier alpha value is -2.47. The third kappa shape index (κ3) is 2.10. The van der Waals surface area contributed by atoms with Crippen LogP contribution in [-0.2, 0) is 7.05 Å². The molecule has 2 heterocycles. The number of hydrogen-bond acceptors (Lipinski definition) is 4. The minimum Gasteiger partial charge on any atom is -0.477 e. The molecule has 0 bridgehead atoms. The van der Waals surface area contributed by atoms with E-state index < -0.39 is 5.97 Å². The molecular weight excluding hydrogens is 274 g/mol. The number of nitrogens with zero attached hydrogens (tertiary/aromatic N) is 3. The quantitative estimate of drug-likeness (QED) is 0.803. The third-order valence-electron chi connectivity index (χ3n) is 2.90. The van der Waals surface area contributed by atoms with E-state index in [-0.39, 0.29) is 4.88 Å². The van der Waals surface area contributed by atoms with E-state index in [1.54, 1.807) is 12.5 Å². The molecule has 0 saturated heterocycles. The van der Waals surface area contributed by atoms with Crippen LogP contribution in [0, 0.1) is 0 Å². The van der Waals surface area contributed by atoms with Gasteiger partial charge in [0.25, 0.3) is 0 Å². The number of aryl methyl sites for hydroxylation is 1. The van der Waals surface area contributed by atoms with E-state index in [0.717, 1.165) is 22.6 Å². The summed E-state index contributed by atoms with van der Waals surface area (Å²) in [6, 6.07) is 9.33. The lowest BCUT2D eigenvalue weighted by Gasteiger charge is -1.98. The molecular formula is C14H11N3O2S. The van der Waals surface area contributed by atoms with Gasteiger partial charge in [0.1, 0.15) is 9.88 Å². The first-order chi connectivity index (χ1) is 9.66. The van der Waals surface area contributed by atoms with Crippen LogP contribution in [-0.4, -0.2) is 25.6 Å². The molecule has 0 amide bonds. The van der Waals surface area contributed by atoms with Gasteiger partial charge in [0.2, 0.25) is 0 Å². The summed E-state index contributed by atoms with van der Waals surface area (Å²) in [6.45, 7) is 0. The van der Waals surface area contributed by atoms with Crippen molar-refractivity contribution < 1.29 is 9.90 Å². The minimum absolute atomic E-state index is 0.243. The third-order valence-corrected chi connectivity index (χ3v) is 3.97. The predicted molar refractivity (Wildman–Crippen MR) is 76.7 cm³/mol. The number of aromatic nitrogens is 3. The number of carbonyl (C=O) groups is 1. The number of rotatable bonds is 3. The molecule has 3 aromatic rings. The van der Waals surface area contributed by atoms with Crippen LogP contribution in [0.1, 0.15) is 9.67 Å². The Morgan fingerprint density at radius 2 is 2.05 bits per heavy atom. The fraction of sp³-hybridized carbons (Fsp3) is 0.0714. The van der Waals surface area contributed by atoms with Crippen molar-refractivity contribution in [1.82, 2.24) is 14.5 Å². The monoisotopic (exact) mass is 285 g/mol. The zero-order valence-corrected chi connectivity index (χ0v) is 11.5. The van der Waals surface area contributed by atoms with Crippen molar-refractivity contribution >= 4 is 17.3 Å². The Kier molecular flexibility index (Phi) is 3.08. The molecule has 5 nitrogen and oxygen atoms in total. The molecule has 0 saturated carbocycles. The summed E-state index contributed by atoms with van der Waals surface area (Å²) in [4.78, 5) is 20.2. The van der Waals surface area contributed by atoms with Gasteiger partial charge in [0.15, 0.2) is 0 Å². The summed E-state index contributed by atoms with van der Waals surface area (Å²) >= 11 is 1.16. The maximum Gasteiger partial charge on any atom is 0.348 e. The van der Waals surface area contributed by atoms with Crippen LogP contribution in [0.15, 0.2) is 42.9 Å². The van der Waals surface area contributed by atoms with Gasteiger partial charge in [-0.15, -0.1) is 11.3 Å². The molecule has 0 aliphatic rings. The maximum absolute atomic E-state index is 11.4. The van der Waals surface area contributed by atoms with E-state index in [1.165, 1.54) is 0 Å². The Bertz CT molecular complexity index is 762. The Morgan fingerprint density at radius 1 is 1.30 bits per heavy atom. The van der Waals surface area contributed by atoms with Gasteiger partial charge < -0.3 is 9.67 Å². The van der Waals surface area contributed by atoms with E-state index in [4.69, 9.17) is 0 Å². The highest BCUT2D eigenvalue weighted by Crippen LogP contribution is 2.33. The Balaban J connectivity index is 2.18. The summed E-state index contributed by atoms with van der Waals surface area (Å²) < 4.78 is 1.82. The number of hydrogen-bond donors (Lipinski definition) is 1. The summed E-state index contributed by atoms with van der Waals surface area (Å²) in [5.41, 5.74) is 2.11. The van der Waals surface area contributed by atoms with Crippen molar-refractivity contribution in [3.63, 3.8) is 0 Å². The largest absolute Gasteiger partial charge is 0.477 e. The molecule has 0 aliphatic heterocycles. The summed E-state index contributed by atoms with van der Waals surface area (Å²) in [5, 5.41) is 10.0. The summed E-state index contributed by atoms with van der Waals surface area (Å²) in [5.74, 6) is -0.963. The molecule has 1 N–H and O–H groups in total. The van der Waals surface area contributed by atoms with Crippen LogP contribution in [0.25, 0.3) is 22.0 Å². The molecule has 20 heavy (non-hydrogen) atoms. The van der Waals surface area contributed by atoms with Crippen LogP contribution in [0.3, 0.4) is 0 Å². The first kappa shape index (κ1) is 12.6. The zero-order chi connectivity index (χ0) is 14.1. The number of carboxylic acid groups (broad SMARTS) is 1. The number of thiazole rings is 1. The molecule has 1 aromatic carbocycles. The smallest absolute Gasteiger partial charge is 0.348 e. The number of imidazole rings is 1. The molecule has 0 spiro atoms. The van der Waals surface area contributed by atoms with Crippen LogP contribution < -0.4 is 0 Å². The average molecular weight is 285 g/mol. The standard InChI is InChI=1S/C14H11N3O2S/c1-17-8-15-7-10(17)13-16-11(12(20-13)14(18)19)9-5-3-2-4-6-9/h2-8H,1H3,(H,18,19). The van der Waals surface area contributed by atoms with E-state index in [1.807, 2.05) is 41.9 Å². The van der Waals surface area contributed by atoms with Crippen molar-refractivity contribution in [2.45, 2.75) is 0 Å². The second-order valence-electron chi connectivity index (χ2n) is 4.26. The van der Waals surface area contributed by atoms with E-state index in [9.17, 15) is 9.90 Å². The molecule has 0 atom stereocenters. The lowest BCUT2D eigenvalue weighted by Crippen LogP contribution is -1.95. The van der Waals surface area contributed by atoms with E-state index in [2.05, 4.69) is 9.97 Å². The van der Waals surface area contributed by atoms with Crippen molar-refractivity contribution in [1.29, 1.82) is 0 Å². The molecule has 0 aliphatic carbocycles. The molecule has 0 unspecified atom stereocenters. The highest BCUT2D eigenvalue weighted by Gasteiger charge is 2.20. The molecule has 2 aromatic heterocycles. The van der Waals surface area contributed by atoms with Gasteiger partial charge in [-0.1, -0.05) is 30.3 Å². The molecule has 0 radical (unpaired) electrons. The van der Waals surface area contributed by atoms with Crippen molar-refractivity contribution in [2.75, 3.05) is 0 Å². The first-order valence-corrected chi connectivity index (χ1v) is 6.74. The van der Waals surface area contributed by atoms with Gasteiger partial charge in [0, 0.05) is 12.6 Å². The van der Waals surface area contributed by atoms with Crippen molar-refractivity contribution in [3.05, 3.63) is 47.7 Å². The summed E-state index contributed by atoms with van der Waals surface area (Å²) in [7, 11) is 1.85. The lowest BCUT2D eigenvalue weighted by molar-refractivity contribution is 0.0702. The second-order valence-corrected chi connectivity index (χ2v) is 5.26. The number of benzene rings is 1. The van der Waals surface area contributed by atoms with Gasteiger partial charge in [0.05, 0.1) is 23.9 Å². The summed E-state index contributed by atoms with van der Waals surface area (Å²) in [6.07, 6.45) is 3.35. The van der Waals surface area contributed by atoms with Crippen LogP contribution in [0.2, 0.25) is 0 Å². The maximum atomic E-state index is 11.4. The first-order valence-electron chi connectivity index (χ1n) is 5.93. The predicted octanol–water partition coefficient (Wildman–Crippen LogP) is 2.91.